The minimum absolute atomic E-state index is 0.189. The second-order valence-corrected chi connectivity index (χ2v) is 3.43. The van der Waals surface area contributed by atoms with Gasteiger partial charge in [-0.1, -0.05) is 12.1 Å². The lowest BCUT2D eigenvalue weighted by Crippen LogP contribution is -1.91. The van der Waals surface area contributed by atoms with Crippen molar-refractivity contribution in [2.75, 3.05) is 12.3 Å². The summed E-state index contributed by atoms with van der Waals surface area (Å²) in [5, 5.41) is 0. The Morgan fingerprint density at radius 1 is 1.44 bits per heavy atom. The van der Waals surface area contributed by atoms with Gasteiger partial charge in [-0.05, 0) is 26.0 Å². The van der Waals surface area contributed by atoms with Gasteiger partial charge in [0, 0.05) is 5.56 Å². The van der Waals surface area contributed by atoms with Crippen molar-refractivity contribution >= 4 is 6.01 Å². The van der Waals surface area contributed by atoms with Gasteiger partial charge in [-0.3, -0.25) is 0 Å². The molecule has 2 rings (SSSR count). The summed E-state index contributed by atoms with van der Waals surface area (Å²) in [5.74, 6) is 1.51. The van der Waals surface area contributed by atoms with E-state index >= 15 is 0 Å². The molecule has 1 heterocycles. The topological polar surface area (TPSA) is 61.3 Å². The number of hydrogen-bond donors (Lipinski definition) is 1. The maximum atomic E-state index is 5.50. The fraction of sp³-hybridized carbons (Fsp3) is 0.250. The van der Waals surface area contributed by atoms with Crippen molar-refractivity contribution < 1.29 is 9.15 Å². The maximum absolute atomic E-state index is 5.50. The number of nitrogens with two attached hydrogens (primary N) is 1. The van der Waals surface area contributed by atoms with Crippen LogP contribution in [0.2, 0.25) is 0 Å². The van der Waals surface area contributed by atoms with Gasteiger partial charge in [0.05, 0.1) is 12.3 Å². The molecule has 2 N–H and O–H groups in total. The zero-order valence-corrected chi connectivity index (χ0v) is 9.36. The van der Waals surface area contributed by atoms with Gasteiger partial charge < -0.3 is 14.9 Å². The van der Waals surface area contributed by atoms with Gasteiger partial charge >= 0.3 is 0 Å². The molecular formula is C12H14N2O2. The summed E-state index contributed by atoms with van der Waals surface area (Å²) in [4.78, 5) is 4.03. The number of hydrogen-bond acceptors (Lipinski definition) is 4. The van der Waals surface area contributed by atoms with Gasteiger partial charge in [0.1, 0.15) is 5.75 Å². The van der Waals surface area contributed by atoms with Crippen molar-refractivity contribution in [2.24, 2.45) is 0 Å². The first-order valence-electron chi connectivity index (χ1n) is 5.17. The lowest BCUT2D eigenvalue weighted by atomic mass is 10.1. The van der Waals surface area contributed by atoms with E-state index in [0.29, 0.717) is 12.4 Å². The second-order valence-electron chi connectivity index (χ2n) is 3.43. The first-order valence-corrected chi connectivity index (χ1v) is 5.17. The summed E-state index contributed by atoms with van der Waals surface area (Å²) >= 11 is 0. The Hall–Kier alpha value is -1.97. The highest BCUT2D eigenvalue weighted by Crippen LogP contribution is 2.28. The zero-order chi connectivity index (χ0) is 11.5. The van der Waals surface area contributed by atoms with Crippen LogP contribution in [0.5, 0.6) is 5.75 Å². The lowest BCUT2D eigenvalue weighted by molar-refractivity contribution is 0.340. The van der Waals surface area contributed by atoms with Crippen LogP contribution in [0.25, 0.3) is 11.3 Å². The Morgan fingerprint density at radius 3 is 2.88 bits per heavy atom. The van der Waals surface area contributed by atoms with Crippen molar-refractivity contribution in [2.45, 2.75) is 13.8 Å². The van der Waals surface area contributed by atoms with Crippen LogP contribution in [0.1, 0.15) is 12.6 Å². The molecule has 4 heteroatoms. The number of aromatic nitrogens is 1. The summed E-state index contributed by atoms with van der Waals surface area (Å²) in [6, 6.07) is 7.86. The number of benzene rings is 1. The number of oxazole rings is 1. The molecule has 0 unspecified atom stereocenters. The van der Waals surface area contributed by atoms with Crippen LogP contribution in [-0.4, -0.2) is 11.6 Å². The fourth-order valence-electron chi connectivity index (χ4n) is 1.58. The third kappa shape index (κ3) is 2.00. The molecule has 0 bridgehead atoms. The van der Waals surface area contributed by atoms with E-state index in [0.717, 1.165) is 17.0 Å². The molecule has 0 aliphatic rings. The average molecular weight is 218 g/mol. The van der Waals surface area contributed by atoms with Crippen molar-refractivity contribution in [3.05, 3.63) is 30.0 Å². The summed E-state index contributed by atoms with van der Waals surface area (Å²) in [6.45, 7) is 4.45. The molecule has 84 valence electrons. The smallest absolute Gasteiger partial charge is 0.292 e. The predicted octanol–water partition coefficient (Wildman–Crippen LogP) is 2.63. The standard InChI is InChI=1S/C12H14N2O2/c1-3-15-10-6-4-5-9(7-10)11-8(2)14-12(13)16-11/h4-7H,3H2,1-2H3,(H2,13,14). The molecule has 1 aromatic carbocycles. The molecule has 0 aliphatic carbocycles. The van der Waals surface area contributed by atoms with Gasteiger partial charge in [0.25, 0.3) is 6.01 Å². The van der Waals surface area contributed by atoms with Crippen LogP contribution in [-0.2, 0) is 0 Å². The van der Waals surface area contributed by atoms with E-state index in [9.17, 15) is 0 Å². The summed E-state index contributed by atoms with van der Waals surface area (Å²) in [7, 11) is 0. The van der Waals surface area contributed by atoms with E-state index in [-0.39, 0.29) is 6.01 Å². The Bertz CT molecular complexity index is 492. The number of rotatable bonds is 3. The van der Waals surface area contributed by atoms with Gasteiger partial charge in [0.2, 0.25) is 0 Å². The molecule has 0 saturated heterocycles. The monoisotopic (exact) mass is 218 g/mol. The third-order valence-corrected chi connectivity index (χ3v) is 2.22. The highest BCUT2D eigenvalue weighted by atomic mass is 16.5. The van der Waals surface area contributed by atoms with Crippen LogP contribution in [0, 0.1) is 6.92 Å². The molecule has 2 aromatic rings. The molecule has 0 atom stereocenters. The minimum atomic E-state index is 0.189. The predicted molar refractivity (Wildman–Crippen MR) is 62.3 cm³/mol. The van der Waals surface area contributed by atoms with E-state index < -0.39 is 0 Å². The number of aryl methyl sites for hydroxylation is 1. The highest BCUT2D eigenvalue weighted by molar-refractivity contribution is 5.62. The number of nitrogen functional groups attached to an aromatic ring is 1. The van der Waals surface area contributed by atoms with Crippen molar-refractivity contribution in [1.29, 1.82) is 0 Å². The fourth-order valence-corrected chi connectivity index (χ4v) is 1.58. The number of ether oxygens (including phenoxy) is 1. The number of nitrogens with zero attached hydrogens (tertiary/aromatic N) is 1. The van der Waals surface area contributed by atoms with Gasteiger partial charge in [-0.25, -0.2) is 0 Å². The molecule has 0 radical (unpaired) electrons. The third-order valence-electron chi connectivity index (χ3n) is 2.22. The molecular weight excluding hydrogens is 204 g/mol. The Kier molecular flexibility index (Phi) is 2.81. The molecule has 0 aliphatic heterocycles. The molecule has 0 spiro atoms. The largest absolute Gasteiger partial charge is 0.494 e. The summed E-state index contributed by atoms with van der Waals surface area (Å²) in [6.07, 6.45) is 0. The first kappa shape index (κ1) is 10.5. The van der Waals surface area contributed by atoms with E-state index in [4.69, 9.17) is 14.9 Å². The Morgan fingerprint density at radius 2 is 2.25 bits per heavy atom. The second kappa shape index (κ2) is 4.26. The van der Waals surface area contributed by atoms with E-state index in [1.54, 1.807) is 0 Å². The van der Waals surface area contributed by atoms with E-state index in [1.807, 2.05) is 38.1 Å². The lowest BCUT2D eigenvalue weighted by Gasteiger charge is -2.04. The summed E-state index contributed by atoms with van der Waals surface area (Å²) in [5.41, 5.74) is 7.21. The SMILES string of the molecule is CCOc1cccc(-c2oc(N)nc2C)c1. The molecule has 1 aromatic heterocycles. The van der Waals surface area contributed by atoms with Gasteiger partial charge in [0.15, 0.2) is 5.76 Å². The van der Waals surface area contributed by atoms with Crippen LogP contribution in [0.15, 0.2) is 28.7 Å². The molecule has 16 heavy (non-hydrogen) atoms. The van der Waals surface area contributed by atoms with Gasteiger partial charge in [-0.2, -0.15) is 4.98 Å². The molecule has 0 fully saturated rings. The average Bonchev–Trinajstić information content (AvgIpc) is 2.59. The van der Waals surface area contributed by atoms with Crippen LogP contribution >= 0.6 is 0 Å². The van der Waals surface area contributed by atoms with Crippen molar-refractivity contribution in [1.82, 2.24) is 4.98 Å². The minimum Gasteiger partial charge on any atom is -0.494 e. The van der Waals surface area contributed by atoms with E-state index in [2.05, 4.69) is 4.98 Å². The van der Waals surface area contributed by atoms with Crippen LogP contribution in [0.4, 0.5) is 6.01 Å². The highest BCUT2D eigenvalue weighted by Gasteiger charge is 2.10. The maximum Gasteiger partial charge on any atom is 0.292 e. The van der Waals surface area contributed by atoms with Crippen LogP contribution in [0.3, 0.4) is 0 Å². The summed E-state index contributed by atoms with van der Waals surface area (Å²) < 4.78 is 10.8. The first-order chi connectivity index (χ1) is 7.70. The zero-order valence-electron chi connectivity index (χ0n) is 9.36. The number of anilines is 1. The van der Waals surface area contributed by atoms with Crippen molar-refractivity contribution in [3.8, 4) is 17.1 Å². The van der Waals surface area contributed by atoms with Crippen LogP contribution < -0.4 is 10.5 Å². The van der Waals surface area contributed by atoms with Crippen molar-refractivity contribution in [3.63, 3.8) is 0 Å². The Labute approximate surface area is 94.1 Å². The van der Waals surface area contributed by atoms with Gasteiger partial charge in [-0.15, -0.1) is 0 Å². The normalized spacial score (nSPS) is 10.4. The quantitative estimate of drug-likeness (QED) is 0.860. The molecule has 0 amide bonds. The molecule has 0 saturated carbocycles. The van der Waals surface area contributed by atoms with E-state index in [1.165, 1.54) is 0 Å². The Balaban J connectivity index is 2.40. The molecule has 4 nitrogen and oxygen atoms in total.